The number of carbonyl (C=O) groups excluding carboxylic acids is 1. The molecule has 1 saturated carbocycles. The smallest absolute Gasteiger partial charge is 0.400 e. The zero-order valence-corrected chi connectivity index (χ0v) is 22.2. The Morgan fingerprint density at radius 2 is 1.74 bits per heavy atom. The van der Waals surface area contributed by atoms with Crippen molar-refractivity contribution in [3.63, 3.8) is 0 Å². The summed E-state index contributed by atoms with van der Waals surface area (Å²) >= 11 is 0. The highest BCUT2D eigenvalue weighted by atomic mass is 19.3. The Kier molecular flexibility index (Phi) is 11.2. The van der Waals surface area contributed by atoms with Crippen molar-refractivity contribution in [1.29, 1.82) is 0 Å². The topological polar surface area (TPSA) is 96.8 Å². The van der Waals surface area contributed by atoms with Crippen molar-refractivity contribution in [2.24, 2.45) is 11.8 Å². The van der Waals surface area contributed by atoms with Gasteiger partial charge in [-0.15, -0.1) is 0 Å². The second-order valence-corrected chi connectivity index (χ2v) is 9.95. The fraction of sp³-hybridized carbons (Fsp3) is 0.500. The first kappa shape index (κ1) is 29.3. The number of ether oxygens (including phenoxy) is 3. The summed E-state index contributed by atoms with van der Waals surface area (Å²) in [6.07, 6.45) is 8.32. The first-order valence-electron chi connectivity index (χ1n) is 13.6. The van der Waals surface area contributed by atoms with Crippen LogP contribution in [0, 0.1) is 11.8 Å². The zero-order valence-electron chi connectivity index (χ0n) is 22.2. The fourth-order valence-electron chi connectivity index (χ4n) is 4.74. The van der Waals surface area contributed by atoms with Crippen LogP contribution in [0.15, 0.2) is 48.5 Å². The number of anilines is 2. The van der Waals surface area contributed by atoms with Crippen LogP contribution in [-0.2, 0) is 9.53 Å². The van der Waals surface area contributed by atoms with Crippen LogP contribution in [0.3, 0.4) is 0 Å². The lowest BCUT2D eigenvalue weighted by Crippen LogP contribution is -2.37. The molecule has 1 fully saturated rings. The van der Waals surface area contributed by atoms with Crippen molar-refractivity contribution >= 4 is 23.4 Å². The Morgan fingerprint density at radius 3 is 2.42 bits per heavy atom. The monoisotopic (exact) mass is 530 g/mol. The number of nitrogens with two attached hydrogens (primary N) is 2. The molecule has 0 radical (unpaired) electrons. The highest BCUT2D eigenvalue weighted by molar-refractivity contribution is 5.87. The van der Waals surface area contributed by atoms with Crippen LogP contribution in [0.2, 0.25) is 0 Å². The van der Waals surface area contributed by atoms with Crippen LogP contribution in [0.25, 0.3) is 6.08 Å². The minimum absolute atomic E-state index is 0.0373. The molecule has 4 N–H and O–H groups in total. The van der Waals surface area contributed by atoms with E-state index in [1.54, 1.807) is 36.4 Å². The average molecular weight is 531 g/mol. The van der Waals surface area contributed by atoms with E-state index in [9.17, 15) is 13.6 Å². The lowest BCUT2D eigenvalue weighted by atomic mass is 9.79. The number of rotatable bonds is 14. The Morgan fingerprint density at radius 1 is 1.00 bits per heavy atom. The lowest BCUT2D eigenvalue weighted by Gasteiger charge is -2.33. The molecule has 0 unspecified atom stereocenters. The van der Waals surface area contributed by atoms with Crippen molar-refractivity contribution in [2.45, 2.75) is 70.8 Å². The van der Waals surface area contributed by atoms with Gasteiger partial charge in [0.25, 0.3) is 0 Å². The summed E-state index contributed by atoms with van der Waals surface area (Å²) in [5.41, 5.74) is 13.0. The van der Waals surface area contributed by atoms with E-state index in [1.807, 2.05) is 0 Å². The Bertz CT molecular complexity index is 1040. The second-order valence-electron chi connectivity index (χ2n) is 9.95. The van der Waals surface area contributed by atoms with Gasteiger partial charge in [0.15, 0.2) is 0 Å². The van der Waals surface area contributed by atoms with Gasteiger partial charge >= 0.3 is 12.1 Å². The molecule has 38 heavy (non-hydrogen) atoms. The van der Waals surface area contributed by atoms with Gasteiger partial charge in [0.05, 0.1) is 11.6 Å². The molecule has 208 valence electrons. The number of halogens is 2. The number of hydrogen-bond donors (Lipinski definition) is 2. The third-order valence-corrected chi connectivity index (χ3v) is 6.95. The Balaban J connectivity index is 1.37. The normalized spacial score (nSPS) is 17.9. The highest BCUT2D eigenvalue weighted by Crippen LogP contribution is 2.41. The molecule has 0 aromatic heterocycles. The summed E-state index contributed by atoms with van der Waals surface area (Å²) in [5, 5.41) is 0. The molecular formula is C30H40F2N2O4. The minimum Gasteiger partial charge on any atom is -0.488 e. The van der Waals surface area contributed by atoms with Crippen molar-refractivity contribution in [3.05, 3.63) is 54.1 Å². The zero-order chi connectivity index (χ0) is 27.4. The van der Waals surface area contributed by atoms with E-state index in [0.29, 0.717) is 41.4 Å². The van der Waals surface area contributed by atoms with Crippen LogP contribution in [0.4, 0.5) is 20.2 Å². The number of alkyl halides is 2. The number of nitrogen functional groups attached to an aromatic ring is 2. The van der Waals surface area contributed by atoms with E-state index in [4.69, 9.17) is 25.7 Å². The van der Waals surface area contributed by atoms with E-state index in [1.165, 1.54) is 43.9 Å². The molecule has 0 bridgehead atoms. The summed E-state index contributed by atoms with van der Waals surface area (Å²) in [6.45, 7) is 2.36. The molecule has 2 aromatic carbocycles. The maximum Gasteiger partial charge on any atom is 0.400 e. The first-order chi connectivity index (χ1) is 18.3. The summed E-state index contributed by atoms with van der Waals surface area (Å²) < 4.78 is 45.3. The summed E-state index contributed by atoms with van der Waals surface area (Å²) in [6, 6.07) is 11.1. The Hall–Kier alpha value is -3.29. The number of unbranched alkanes of at least 4 members (excludes halogenated alkanes) is 3. The largest absolute Gasteiger partial charge is 0.488 e. The van der Waals surface area contributed by atoms with E-state index >= 15 is 0 Å². The van der Waals surface area contributed by atoms with Crippen LogP contribution < -0.4 is 20.9 Å². The Labute approximate surface area is 224 Å². The summed E-state index contributed by atoms with van der Waals surface area (Å²) in [7, 11) is 0. The number of benzene rings is 2. The molecule has 1 aliphatic carbocycles. The van der Waals surface area contributed by atoms with Gasteiger partial charge in [0, 0.05) is 11.8 Å². The molecule has 0 amide bonds. The first-order valence-corrected chi connectivity index (χ1v) is 13.6. The molecule has 0 atom stereocenters. The van der Waals surface area contributed by atoms with Gasteiger partial charge in [0.2, 0.25) is 0 Å². The third-order valence-electron chi connectivity index (χ3n) is 6.95. The van der Waals surface area contributed by atoms with E-state index < -0.39 is 18.0 Å². The quantitative estimate of drug-likeness (QED) is 0.116. The van der Waals surface area contributed by atoms with Crippen LogP contribution in [0.1, 0.15) is 70.3 Å². The highest BCUT2D eigenvalue weighted by Gasteiger charge is 2.43. The number of carbonyl (C=O) groups is 1. The molecular weight excluding hydrogens is 490 g/mol. The third kappa shape index (κ3) is 9.54. The van der Waals surface area contributed by atoms with Gasteiger partial charge in [-0.25, -0.2) is 4.79 Å². The molecule has 0 heterocycles. The van der Waals surface area contributed by atoms with E-state index in [-0.39, 0.29) is 19.0 Å². The van der Waals surface area contributed by atoms with Crippen molar-refractivity contribution < 1.29 is 27.8 Å². The summed E-state index contributed by atoms with van der Waals surface area (Å²) in [5.74, 6) is -0.178. The van der Waals surface area contributed by atoms with Crippen LogP contribution in [0.5, 0.6) is 11.5 Å². The van der Waals surface area contributed by atoms with Crippen molar-refractivity contribution in [3.8, 4) is 11.5 Å². The van der Waals surface area contributed by atoms with Gasteiger partial charge in [-0.1, -0.05) is 51.2 Å². The van der Waals surface area contributed by atoms with Crippen LogP contribution in [-0.4, -0.2) is 25.3 Å². The predicted octanol–water partition coefficient (Wildman–Crippen LogP) is 7.23. The SMILES string of the molecule is CCCCCCC1CCC(C(F)(F)Oc2ccc(/C=C/C(=O)OCCOc3ccc(N)cc3N)cc2)CC1. The molecule has 6 nitrogen and oxygen atoms in total. The van der Waals surface area contributed by atoms with Crippen molar-refractivity contribution in [1.82, 2.24) is 0 Å². The van der Waals surface area contributed by atoms with E-state index in [0.717, 1.165) is 19.3 Å². The molecule has 0 spiro atoms. The molecule has 1 aliphatic rings. The molecule has 3 rings (SSSR count). The lowest BCUT2D eigenvalue weighted by molar-refractivity contribution is -0.223. The fourth-order valence-corrected chi connectivity index (χ4v) is 4.74. The molecule has 0 aliphatic heterocycles. The standard InChI is InChI=1S/C30H40F2N2O4/c1-2-3-4-5-6-22-7-12-24(13-8-22)30(31,32)38-26-15-9-23(10-16-26)11-18-29(35)37-20-19-36-28-17-14-25(33)21-27(28)34/h9-11,14-18,21-22,24H,2-8,12-13,19-20,33-34H2,1H3/b18-11+. The predicted molar refractivity (Wildman–Crippen MR) is 147 cm³/mol. The van der Waals surface area contributed by atoms with Gasteiger partial charge in [-0.3, -0.25) is 0 Å². The van der Waals surface area contributed by atoms with Gasteiger partial charge in [-0.2, -0.15) is 8.78 Å². The van der Waals surface area contributed by atoms with Gasteiger partial charge in [-0.05, 0) is 73.6 Å². The maximum atomic E-state index is 14.8. The van der Waals surface area contributed by atoms with Crippen LogP contribution >= 0.6 is 0 Å². The average Bonchev–Trinajstić information content (AvgIpc) is 2.90. The molecule has 2 aromatic rings. The number of hydrogen-bond acceptors (Lipinski definition) is 6. The van der Waals surface area contributed by atoms with Gasteiger partial charge in [0.1, 0.15) is 24.7 Å². The molecule has 0 saturated heterocycles. The summed E-state index contributed by atoms with van der Waals surface area (Å²) in [4.78, 5) is 11.9. The second kappa shape index (κ2) is 14.6. The molecule has 8 heteroatoms. The van der Waals surface area contributed by atoms with E-state index in [2.05, 4.69) is 6.92 Å². The maximum absolute atomic E-state index is 14.8. The number of esters is 1. The minimum atomic E-state index is -3.20. The van der Waals surface area contributed by atoms with Gasteiger partial charge < -0.3 is 25.7 Å². The van der Waals surface area contributed by atoms with Crippen molar-refractivity contribution in [2.75, 3.05) is 24.7 Å².